The first kappa shape index (κ1) is 28.2. The number of thiazole rings is 2. The highest BCUT2D eigenvalue weighted by molar-refractivity contribution is 7.22. The maximum atomic E-state index is 5.09. The first-order chi connectivity index (χ1) is 24.3. The molecule has 8 aromatic carbocycles. The van der Waals surface area contributed by atoms with Gasteiger partial charge in [-0.25, -0.2) is 9.97 Å². The van der Waals surface area contributed by atoms with Gasteiger partial charge in [0.1, 0.15) is 10.0 Å². The van der Waals surface area contributed by atoms with Gasteiger partial charge < -0.3 is 4.90 Å². The third-order valence-electron chi connectivity index (χ3n) is 9.29. The third kappa shape index (κ3) is 4.78. The van der Waals surface area contributed by atoms with Crippen LogP contribution in [0, 0.1) is 0 Å². The zero-order valence-corrected chi connectivity index (χ0v) is 27.9. The number of anilines is 3. The number of para-hydroxylation sites is 2. The minimum absolute atomic E-state index is 1.01. The van der Waals surface area contributed by atoms with E-state index < -0.39 is 0 Å². The number of hydrogen-bond acceptors (Lipinski definition) is 5. The molecule has 2 aromatic heterocycles. The summed E-state index contributed by atoms with van der Waals surface area (Å²) < 4.78 is 2.32. The first-order valence-electron chi connectivity index (χ1n) is 16.3. The summed E-state index contributed by atoms with van der Waals surface area (Å²) in [5, 5.41) is 9.72. The average Bonchev–Trinajstić information content (AvgIpc) is 3.80. The molecule has 5 heteroatoms. The Bertz CT molecular complexity index is 2760. The number of rotatable bonds is 5. The number of aromatic nitrogens is 2. The van der Waals surface area contributed by atoms with Gasteiger partial charge in [0.25, 0.3) is 0 Å². The molecule has 2 heterocycles. The normalized spacial score (nSPS) is 11.7. The lowest BCUT2D eigenvalue weighted by Gasteiger charge is -2.25. The molecule has 0 atom stereocenters. The third-order valence-corrected chi connectivity index (χ3v) is 11.4. The van der Waals surface area contributed by atoms with E-state index in [2.05, 4.69) is 169 Å². The van der Waals surface area contributed by atoms with Crippen LogP contribution in [0.1, 0.15) is 0 Å². The van der Waals surface area contributed by atoms with Crippen molar-refractivity contribution in [2.24, 2.45) is 0 Å². The van der Waals surface area contributed by atoms with E-state index in [0.717, 1.165) is 58.6 Å². The quantitative estimate of drug-likeness (QED) is 0.172. The highest BCUT2D eigenvalue weighted by atomic mass is 32.1. The van der Waals surface area contributed by atoms with Crippen LogP contribution in [-0.4, -0.2) is 9.97 Å². The fraction of sp³-hybridized carbons (Fsp3) is 0. The van der Waals surface area contributed by atoms with E-state index in [9.17, 15) is 0 Å². The molecule has 0 saturated heterocycles. The van der Waals surface area contributed by atoms with Crippen LogP contribution in [0.2, 0.25) is 0 Å². The van der Waals surface area contributed by atoms with E-state index in [1.54, 1.807) is 22.7 Å². The van der Waals surface area contributed by atoms with Crippen LogP contribution in [0.25, 0.3) is 73.9 Å². The van der Waals surface area contributed by atoms with Gasteiger partial charge in [-0.05, 0) is 99.0 Å². The van der Waals surface area contributed by atoms with Crippen molar-refractivity contribution in [1.82, 2.24) is 9.97 Å². The first-order valence-corrected chi connectivity index (χ1v) is 18.0. The van der Waals surface area contributed by atoms with Crippen molar-refractivity contribution in [2.75, 3.05) is 4.90 Å². The highest BCUT2D eigenvalue weighted by Gasteiger charge is 2.16. The standard InChI is InChI=1S/C44H27N3S2/c1-3-11-30(12-4-1)47(31-13-5-2-6-14-31)32-21-24-40-42(27-32)49-44(46-40)29-20-23-39-41(26-29)48-43(45-39)28-19-22-37-35-17-8-7-15-33(35)34-16-9-10-18-36(34)38(37)25-28/h1-27H. The predicted octanol–water partition coefficient (Wildman–Crippen LogP) is 13.2. The average molecular weight is 662 g/mol. The van der Waals surface area contributed by atoms with Gasteiger partial charge in [-0.3, -0.25) is 0 Å². The molecule has 230 valence electrons. The van der Waals surface area contributed by atoms with Crippen molar-refractivity contribution < 1.29 is 0 Å². The van der Waals surface area contributed by atoms with Gasteiger partial charge >= 0.3 is 0 Å². The molecule has 0 unspecified atom stereocenters. The molecule has 0 N–H and O–H groups in total. The number of hydrogen-bond donors (Lipinski definition) is 0. The lowest BCUT2D eigenvalue weighted by molar-refractivity contribution is 1.29. The summed E-state index contributed by atoms with van der Waals surface area (Å²) in [6.07, 6.45) is 0. The lowest BCUT2D eigenvalue weighted by atomic mass is 9.93. The van der Waals surface area contributed by atoms with Crippen molar-refractivity contribution in [2.45, 2.75) is 0 Å². The second-order valence-electron chi connectivity index (χ2n) is 12.2. The molecule has 0 radical (unpaired) electrons. The summed E-state index contributed by atoms with van der Waals surface area (Å²) in [6, 6.07) is 58.4. The van der Waals surface area contributed by atoms with Gasteiger partial charge in [-0.2, -0.15) is 0 Å². The minimum Gasteiger partial charge on any atom is -0.310 e. The van der Waals surface area contributed by atoms with Gasteiger partial charge in [-0.1, -0.05) is 97.1 Å². The van der Waals surface area contributed by atoms with E-state index in [4.69, 9.17) is 9.97 Å². The van der Waals surface area contributed by atoms with Crippen molar-refractivity contribution in [3.8, 4) is 21.1 Å². The Balaban J connectivity index is 1.03. The molecule has 0 amide bonds. The van der Waals surface area contributed by atoms with Crippen molar-refractivity contribution in [3.05, 3.63) is 164 Å². The maximum absolute atomic E-state index is 5.09. The Kier molecular flexibility index (Phi) is 6.54. The van der Waals surface area contributed by atoms with Gasteiger partial charge in [0.05, 0.1) is 20.4 Å². The van der Waals surface area contributed by atoms with E-state index >= 15 is 0 Å². The molecule has 0 aliphatic heterocycles. The van der Waals surface area contributed by atoms with Crippen LogP contribution >= 0.6 is 22.7 Å². The second-order valence-corrected chi connectivity index (χ2v) is 14.3. The van der Waals surface area contributed by atoms with E-state index in [-0.39, 0.29) is 0 Å². The fourth-order valence-electron chi connectivity index (χ4n) is 7.00. The monoisotopic (exact) mass is 661 g/mol. The van der Waals surface area contributed by atoms with Crippen LogP contribution in [0.15, 0.2) is 164 Å². The summed E-state index contributed by atoms with van der Waals surface area (Å²) in [5.41, 5.74) is 7.63. The van der Waals surface area contributed by atoms with Gasteiger partial charge in [0.2, 0.25) is 0 Å². The Morgan fingerprint density at radius 1 is 0.347 bits per heavy atom. The summed E-state index contributed by atoms with van der Waals surface area (Å²) in [5.74, 6) is 0. The SMILES string of the molecule is c1ccc(N(c2ccccc2)c2ccc3nc(-c4ccc5nc(-c6ccc7c8ccccc8c8ccccc8c7c6)sc5c4)sc3c2)cc1. The van der Waals surface area contributed by atoms with Crippen molar-refractivity contribution in [1.29, 1.82) is 0 Å². The molecule has 0 bridgehead atoms. The summed E-state index contributed by atoms with van der Waals surface area (Å²) >= 11 is 3.48. The zero-order valence-electron chi connectivity index (χ0n) is 26.2. The van der Waals surface area contributed by atoms with E-state index in [1.807, 2.05) is 0 Å². The number of fused-ring (bicyclic) bond motifs is 8. The molecular formula is C44H27N3S2. The van der Waals surface area contributed by atoms with Crippen LogP contribution in [0.3, 0.4) is 0 Å². The summed E-state index contributed by atoms with van der Waals surface area (Å²) in [7, 11) is 0. The molecule has 10 rings (SSSR count). The van der Waals surface area contributed by atoms with Gasteiger partial charge in [0.15, 0.2) is 0 Å². The van der Waals surface area contributed by atoms with E-state index in [0.29, 0.717) is 0 Å². The molecule has 0 aliphatic rings. The largest absolute Gasteiger partial charge is 0.310 e. The van der Waals surface area contributed by atoms with Crippen LogP contribution in [0.4, 0.5) is 17.1 Å². The molecule has 3 nitrogen and oxygen atoms in total. The number of benzene rings is 8. The van der Waals surface area contributed by atoms with Crippen LogP contribution < -0.4 is 4.90 Å². The van der Waals surface area contributed by atoms with Crippen LogP contribution in [0.5, 0.6) is 0 Å². The minimum atomic E-state index is 1.01. The molecule has 0 saturated carbocycles. The topological polar surface area (TPSA) is 29.0 Å². The molecule has 0 fully saturated rings. The Hall–Kier alpha value is -5.88. The van der Waals surface area contributed by atoms with E-state index in [1.165, 1.54) is 32.3 Å². The molecule has 0 spiro atoms. The summed E-state index contributed by atoms with van der Waals surface area (Å²) in [6.45, 7) is 0. The highest BCUT2D eigenvalue weighted by Crippen LogP contribution is 2.41. The predicted molar refractivity (Wildman–Crippen MR) is 211 cm³/mol. The Morgan fingerprint density at radius 2 is 0.796 bits per heavy atom. The molecule has 10 aromatic rings. The molecule has 49 heavy (non-hydrogen) atoms. The Labute approximate surface area is 291 Å². The zero-order chi connectivity index (χ0) is 32.3. The van der Waals surface area contributed by atoms with Crippen LogP contribution in [-0.2, 0) is 0 Å². The van der Waals surface area contributed by atoms with Gasteiger partial charge in [-0.15, -0.1) is 22.7 Å². The lowest BCUT2D eigenvalue weighted by Crippen LogP contribution is -2.09. The summed E-state index contributed by atoms with van der Waals surface area (Å²) in [4.78, 5) is 12.5. The van der Waals surface area contributed by atoms with Crippen molar-refractivity contribution >= 4 is 92.5 Å². The van der Waals surface area contributed by atoms with Gasteiger partial charge in [0, 0.05) is 28.2 Å². The molecule has 0 aliphatic carbocycles. The second kappa shape index (κ2) is 11.4. The van der Waals surface area contributed by atoms with Crippen molar-refractivity contribution in [3.63, 3.8) is 0 Å². The molecular weight excluding hydrogens is 635 g/mol. The smallest absolute Gasteiger partial charge is 0.124 e. The fourth-order valence-corrected chi connectivity index (χ4v) is 9.00. The number of nitrogens with zero attached hydrogens (tertiary/aromatic N) is 3. The maximum Gasteiger partial charge on any atom is 0.124 e. The Morgan fingerprint density at radius 3 is 1.39 bits per heavy atom.